The van der Waals surface area contributed by atoms with Gasteiger partial charge in [-0.2, -0.15) is 0 Å². The topological polar surface area (TPSA) is 87.7 Å². The highest BCUT2D eigenvalue weighted by Crippen LogP contribution is 2.22. The molecule has 1 fully saturated rings. The fourth-order valence-corrected chi connectivity index (χ4v) is 3.17. The molecule has 1 heterocycles. The minimum atomic E-state index is -1.96. The summed E-state index contributed by atoms with van der Waals surface area (Å²) in [5, 5.41) is 5.19. The first-order valence-corrected chi connectivity index (χ1v) is 8.70. The van der Waals surface area contributed by atoms with Crippen LogP contribution in [0.2, 0.25) is 0 Å². The van der Waals surface area contributed by atoms with Gasteiger partial charge in [-0.05, 0) is 12.5 Å². The van der Waals surface area contributed by atoms with Gasteiger partial charge in [0.05, 0.1) is 18.7 Å². The number of ether oxygens (including phenoxy) is 1. The number of methoxy groups -OCH3 is 1. The van der Waals surface area contributed by atoms with Crippen LogP contribution >= 0.6 is 0 Å². The van der Waals surface area contributed by atoms with E-state index >= 15 is 0 Å². The third kappa shape index (κ3) is 5.47. The van der Waals surface area contributed by atoms with Crippen molar-refractivity contribution in [2.45, 2.75) is 50.9 Å². The summed E-state index contributed by atoms with van der Waals surface area (Å²) < 4.78 is 19.7. The molecule has 4 unspecified atom stereocenters. The third-order valence-corrected chi connectivity index (χ3v) is 4.99. The summed E-state index contributed by atoms with van der Waals surface area (Å²) in [6.07, 6.45) is 1.41. The Morgan fingerprint density at radius 3 is 2.64 bits per heavy atom. The average Bonchev–Trinajstić information content (AvgIpc) is 3.06. The Kier molecular flexibility index (Phi) is 8.44. The van der Waals surface area contributed by atoms with E-state index in [1.165, 1.54) is 12.0 Å². The van der Waals surface area contributed by atoms with Gasteiger partial charge in [0.15, 0.2) is 0 Å². The highest BCUT2D eigenvalue weighted by atomic mass is 19.1. The van der Waals surface area contributed by atoms with Crippen LogP contribution in [0.5, 0.6) is 0 Å². The summed E-state index contributed by atoms with van der Waals surface area (Å²) in [5.41, 5.74) is -1.96. The average molecular weight is 359 g/mol. The summed E-state index contributed by atoms with van der Waals surface area (Å²) in [7, 11) is 3.12. The molecule has 7 nitrogen and oxygen atoms in total. The van der Waals surface area contributed by atoms with Crippen molar-refractivity contribution in [1.29, 1.82) is 0 Å². The first-order chi connectivity index (χ1) is 11.8. The summed E-state index contributed by atoms with van der Waals surface area (Å²) in [6.45, 7) is 4.08. The second kappa shape index (κ2) is 9.82. The molecule has 1 aliphatic rings. The molecule has 0 saturated carbocycles. The number of hydrogen-bond donors (Lipinski definition) is 2. The van der Waals surface area contributed by atoms with Gasteiger partial charge >= 0.3 is 0 Å². The van der Waals surface area contributed by atoms with E-state index in [2.05, 4.69) is 10.6 Å². The van der Waals surface area contributed by atoms with E-state index in [0.717, 1.165) is 12.7 Å². The van der Waals surface area contributed by atoms with Gasteiger partial charge in [-0.3, -0.25) is 9.59 Å². The second-order valence-corrected chi connectivity index (χ2v) is 6.63. The molecule has 8 heteroatoms. The van der Waals surface area contributed by atoms with Crippen molar-refractivity contribution in [2.75, 3.05) is 33.8 Å². The van der Waals surface area contributed by atoms with Gasteiger partial charge in [-0.1, -0.05) is 20.3 Å². The van der Waals surface area contributed by atoms with E-state index in [0.29, 0.717) is 6.54 Å². The summed E-state index contributed by atoms with van der Waals surface area (Å²) in [5.74, 6) is -1.02. The first-order valence-electron chi connectivity index (χ1n) is 8.70. The minimum Gasteiger partial charge on any atom is -0.379 e. The van der Waals surface area contributed by atoms with E-state index < -0.39 is 17.7 Å². The quantitative estimate of drug-likeness (QED) is 0.547. The standard InChI is InChI=1S/C17H30FN3O4/c1-5-12(2)15(13(25-4)6-9-22)21(3)14(23)10-20-16(24)17(18)7-8-19-11-17/h9,12-13,15,19H,5-8,10-11H2,1-4H3,(H,20,24). The maximum atomic E-state index is 14.3. The molecule has 0 aromatic carbocycles. The third-order valence-electron chi connectivity index (χ3n) is 4.99. The minimum absolute atomic E-state index is 0.0383. The maximum absolute atomic E-state index is 14.3. The van der Waals surface area contributed by atoms with E-state index in [4.69, 9.17) is 4.74 Å². The van der Waals surface area contributed by atoms with Crippen LogP contribution < -0.4 is 10.6 Å². The molecule has 2 amide bonds. The molecule has 0 aliphatic carbocycles. The number of nitrogens with zero attached hydrogens (tertiary/aromatic N) is 1. The summed E-state index contributed by atoms with van der Waals surface area (Å²) in [4.78, 5) is 36.8. The smallest absolute Gasteiger partial charge is 0.259 e. The van der Waals surface area contributed by atoms with Gasteiger partial charge in [-0.15, -0.1) is 0 Å². The number of carbonyl (C=O) groups is 3. The predicted octanol–water partition coefficient (Wildman–Crippen LogP) is 0.281. The van der Waals surface area contributed by atoms with Crippen molar-refractivity contribution in [3.8, 4) is 0 Å². The summed E-state index contributed by atoms with van der Waals surface area (Å²) in [6, 6.07) is -0.308. The molecular weight excluding hydrogens is 329 g/mol. The number of hydrogen-bond acceptors (Lipinski definition) is 5. The van der Waals surface area contributed by atoms with Crippen molar-refractivity contribution in [1.82, 2.24) is 15.5 Å². The lowest BCUT2D eigenvalue weighted by Crippen LogP contribution is -2.53. The molecule has 0 radical (unpaired) electrons. The number of rotatable bonds is 10. The van der Waals surface area contributed by atoms with Gasteiger partial charge in [0.25, 0.3) is 5.91 Å². The van der Waals surface area contributed by atoms with Crippen molar-refractivity contribution in [3.63, 3.8) is 0 Å². The SMILES string of the molecule is CCC(C)C(C(CC=O)OC)N(C)C(=O)CNC(=O)C1(F)CCNC1. The molecule has 0 bridgehead atoms. The van der Waals surface area contributed by atoms with Crippen LogP contribution in [0, 0.1) is 5.92 Å². The number of amides is 2. The monoisotopic (exact) mass is 359 g/mol. The molecule has 0 aromatic heterocycles. The molecule has 1 aliphatic heterocycles. The van der Waals surface area contributed by atoms with Gasteiger partial charge in [0, 0.05) is 33.5 Å². The van der Waals surface area contributed by atoms with Gasteiger partial charge in [0.1, 0.15) is 6.29 Å². The van der Waals surface area contributed by atoms with Crippen LogP contribution in [0.3, 0.4) is 0 Å². The zero-order valence-electron chi connectivity index (χ0n) is 15.5. The molecule has 25 heavy (non-hydrogen) atoms. The lowest BCUT2D eigenvalue weighted by atomic mass is 9.91. The molecule has 144 valence electrons. The van der Waals surface area contributed by atoms with Crippen LogP contribution in [0.4, 0.5) is 4.39 Å². The predicted molar refractivity (Wildman–Crippen MR) is 91.8 cm³/mol. The van der Waals surface area contributed by atoms with E-state index in [1.807, 2.05) is 13.8 Å². The second-order valence-electron chi connectivity index (χ2n) is 6.63. The lowest BCUT2D eigenvalue weighted by molar-refractivity contribution is -0.140. The normalized spacial score (nSPS) is 23.6. The zero-order chi connectivity index (χ0) is 19.0. The Hall–Kier alpha value is -1.54. The Morgan fingerprint density at radius 1 is 1.48 bits per heavy atom. The highest BCUT2D eigenvalue weighted by molar-refractivity contribution is 5.90. The van der Waals surface area contributed by atoms with Crippen LogP contribution in [0.15, 0.2) is 0 Å². The molecular formula is C17H30FN3O4. The van der Waals surface area contributed by atoms with Gasteiger partial charge in [-0.25, -0.2) is 4.39 Å². The molecule has 2 N–H and O–H groups in total. The lowest BCUT2D eigenvalue weighted by Gasteiger charge is -2.37. The van der Waals surface area contributed by atoms with Crippen LogP contribution in [-0.4, -0.2) is 74.6 Å². The largest absolute Gasteiger partial charge is 0.379 e. The van der Waals surface area contributed by atoms with Crippen LogP contribution in [0.1, 0.15) is 33.1 Å². The number of nitrogens with one attached hydrogen (secondary N) is 2. The maximum Gasteiger partial charge on any atom is 0.259 e. The number of alkyl halides is 1. The first kappa shape index (κ1) is 21.5. The Balaban J connectivity index is 2.72. The molecule has 1 saturated heterocycles. The Bertz CT molecular complexity index is 469. The van der Waals surface area contributed by atoms with Crippen molar-refractivity contribution >= 4 is 18.1 Å². The molecule has 4 atom stereocenters. The van der Waals surface area contributed by atoms with Crippen molar-refractivity contribution < 1.29 is 23.5 Å². The Morgan fingerprint density at radius 2 is 2.16 bits per heavy atom. The van der Waals surface area contributed by atoms with Gasteiger partial charge in [0.2, 0.25) is 11.6 Å². The molecule has 0 spiro atoms. The van der Waals surface area contributed by atoms with E-state index in [9.17, 15) is 18.8 Å². The fourth-order valence-electron chi connectivity index (χ4n) is 3.17. The molecule has 0 aromatic rings. The number of halogens is 1. The zero-order valence-corrected chi connectivity index (χ0v) is 15.5. The van der Waals surface area contributed by atoms with E-state index in [1.54, 1.807) is 7.05 Å². The fraction of sp³-hybridized carbons (Fsp3) is 0.824. The van der Waals surface area contributed by atoms with Crippen LogP contribution in [-0.2, 0) is 19.1 Å². The highest BCUT2D eigenvalue weighted by Gasteiger charge is 2.41. The Labute approximate surface area is 148 Å². The molecule has 1 rings (SSSR count). The van der Waals surface area contributed by atoms with Crippen LogP contribution in [0.25, 0.3) is 0 Å². The number of carbonyl (C=O) groups excluding carboxylic acids is 3. The van der Waals surface area contributed by atoms with Crippen molar-refractivity contribution in [2.24, 2.45) is 5.92 Å². The number of likely N-dealkylation sites (N-methyl/N-ethyl adjacent to an activating group) is 1. The number of aldehydes is 1. The van der Waals surface area contributed by atoms with Crippen molar-refractivity contribution in [3.05, 3.63) is 0 Å². The van der Waals surface area contributed by atoms with E-state index in [-0.39, 0.29) is 43.8 Å². The van der Waals surface area contributed by atoms with Gasteiger partial charge < -0.3 is 25.1 Å². The summed E-state index contributed by atoms with van der Waals surface area (Å²) >= 11 is 0.